The first-order valence-electron chi connectivity index (χ1n) is 11.7. The van der Waals surface area contributed by atoms with Crippen LogP contribution in [0.3, 0.4) is 0 Å². The van der Waals surface area contributed by atoms with E-state index >= 15 is 0 Å². The second kappa shape index (κ2) is 10.2. The molecule has 1 rings (SSSR count). The Bertz CT molecular complexity index is 570. The maximum absolute atomic E-state index is 13.0. The van der Waals surface area contributed by atoms with Crippen molar-refractivity contribution in [2.45, 2.75) is 126 Å². The average Bonchev–Trinajstić information content (AvgIpc) is 2.49. The second-order valence-electron chi connectivity index (χ2n) is 11.6. The van der Waals surface area contributed by atoms with E-state index in [-0.39, 0.29) is 53.1 Å². The molecule has 1 aliphatic carbocycles. The van der Waals surface area contributed by atoms with E-state index < -0.39 is 0 Å². The number of amides is 4. The highest BCUT2D eigenvalue weighted by Crippen LogP contribution is 2.45. The van der Waals surface area contributed by atoms with Crippen molar-refractivity contribution in [2.75, 3.05) is 6.54 Å². The minimum atomic E-state index is -0.0600. The molecule has 0 aromatic carbocycles. The number of carbonyl (C=O) groups excluding carboxylic acids is 2. The first kappa shape index (κ1) is 26.6. The fraction of sp³-hybridized carbons (Fsp3) is 0.917. The van der Waals surface area contributed by atoms with E-state index in [1.54, 1.807) is 0 Å². The highest BCUT2D eigenvalue weighted by atomic mass is 16.2. The van der Waals surface area contributed by atoms with Crippen LogP contribution in [-0.2, 0) is 0 Å². The summed E-state index contributed by atoms with van der Waals surface area (Å²) < 4.78 is 0. The smallest absolute Gasteiger partial charge is 0.318 e. The number of rotatable bonds is 7. The van der Waals surface area contributed by atoms with Crippen LogP contribution in [0, 0.1) is 10.8 Å². The largest absolute Gasteiger partial charge is 0.337 e. The Morgan fingerprint density at radius 1 is 0.800 bits per heavy atom. The first-order chi connectivity index (χ1) is 13.6. The fourth-order valence-corrected chi connectivity index (χ4v) is 5.63. The number of hydrogen-bond donors (Lipinski definition) is 2. The predicted octanol–water partition coefficient (Wildman–Crippen LogP) is 5.23. The molecule has 0 saturated heterocycles. The lowest BCUT2D eigenvalue weighted by Crippen LogP contribution is -2.56. The summed E-state index contributed by atoms with van der Waals surface area (Å²) in [5.41, 5.74) is 0.0431. The van der Waals surface area contributed by atoms with Gasteiger partial charge in [-0.2, -0.15) is 0 Å². The van der Waals surface area contributed by atoms with E-state index in [1.807, 2.05) is 37.5 Å². The Kier molecular flexibility index (Phi) is 9.06. The Hall–Kier alpha value is -1.46. The van der Waals surface area contributed by atoms with E-state index in [4.69, 9.17) is 0 Å². The van der Waals surface area contributed by atoms with Gasteiger partial charge in [-0.1, -0.05) is 20.8 Å². The van der Waals surface area contributed by atoms with Crippen molar-refractivity contribution in [3.63, 3.8) is 0 Å². The van der Waals surface area contributed by atoms with Gasteiger partial charge in [0.05, 0.1) is 0 Å². The lowest BCUT2D eigenvalue weighted by molar-refractivity contribution is 0.0675. The summed E-state index contributed by atoms with van der Waals surface area (Å²) in [4.78, 5) is 29.6. The molecule has 2 N–H and O–H groups in total. The standard InChI is InChI=1S/C24H48N4O2/c1-16(2)27(17(3)4)21(29)25-15-24(11)13-20(12-23(9,10)14-24)26-22(30)28(18(5)6)19(7)8/h16-20H,12-15H2,1-11H3,(H,25,29)(H,26,30)/t20-,24+/m1/s1. The van der Waals surface area contributed by atoms with Crippen LogP contribution in [-0.4, -0.2) is 58.6 Å². The zero-order valence-electron chi connectivity index (χ0n) is 21.4. The number of nitrogens with zero attached hydrogens (tertiary/aromatic N) is 2. The van der Waals surface area contributed by atoms with Crippen LogP contribution in [0.15, 0.2) is 0 Å². The van der Waals surface area contributed by atoms with Crippen molar-refractivity contribution in [1.29, 1.82) is 0 Å². The number of carbonyl (C=O) groups is 2. The van der Waals surface area contributed by atoms with Crippen LogP contribution >= 0.6 is 0 Å². The van der Waals surface area contributed by atoms with Gasteiger partial charge in [0.1, 0.15) is 0 Å². The molecule has 0 aromatic rings. The maximum atomic E-state index is 13.0. The zero-order valence-corrected chi connectivity index (χ0v) is 21.4. The van der Waals surface area contributed by atoms with Crippen LogP contribution in [0.2, 0.25) is 0 Å². The Morgan fingerprint density at radius 3 is 1.67 bits per heavy atom. The SMILES string of the molecule is CC(C)N(C(=O)NC[C@@]1(C)C[C@H](NC(=O)N(C(C)C)C(C)C)CC(C)(C)C1)C(C)C. The van der Waals surface area contributed by atoms with Gasteiger partial charge in [0.15, 0.2) is 0 Å². The molecule has 6 heteroatoms. The molecule has 0 aliphatic heterocycles. The molecule has 1 fully saturated rings. The van der Waals surface area contributed by atoms with Gasteiger partial charge in [0.2, 0.25) is 0 Å². The minimum absolute atomic E-state index is 0.00372. The van der Waals surface area contributed by atoms with Crippen LogP contribution < -0.4 is 10.6 Å². The van der Waals surface area contributed by atoms with Crippen LogP contribution in [0.4, 0.5) is 9.59 Å². The molecule has 0 aromatic heterocycles. The summed E-state index contributed by atoms with van der Waals surface area (Å²) >= 11 is 0. The highest BCUT2D eigenvalue weighted by molar-refractivity contribution is 5.75. The molecule has 2 atom stereocenters. The quantitative estimate of drug-likeness (QED) is 0.588. The Morgan fingerprint density at radius 2 is 1.23 bits per heavy atom. The van der Waals surface area contributed by atoms with E-state index in [1.165, 1.54) is 0 Å². The number of hydrogen-bond acceptors (Lipinski definition) is 2. The predicted molar refractivity (Wildman–Crippen MR) is 126 cm³/mol. The molecule has 0 radical (unpaired) electrons. The topological polar surface area (TPSA) is 64.7 Å². The third-order valence-corrected chi connectivity index (χ3v) is 6.13. The van der Waals surface area contributed by atoms with Crippen molar-refractivity contribution < 1.29 is 9.59 Å². The third kappa shape index (κ3) is 7.35. The van der Waals surface area contributed by atoms with Crippen molar-refractivity contribution in [3.8, 4) is 0 Å². The number of nitrogens with one attached hydrogen (secondary N) is 2. The molecule has 0 spiro atoms. The minimum Gasteiger partial charge on any atom is -0.337 e. The molecule has 4 amide bonds. The number of urea groups is 2. The summed E-state index contributed by atoms with van der Waals surface area (Å²) in [7, 11) is 0. The molecule has 1 aliphatic rings. The molecular formula is C24H48N4O2. The van der Waals surface area contributed by atoms with Crippen molar-refractivity contribution in [3.05, 3.63) is 0 Å². The fourth-order valence-electron chi connectivity index (χ4n) is 5.63. The lowest BCUT2D eigenvalue weighted by atomic mass is 9.62. The summed E-state index contributed by atoms with van der Waals surface area (Å²) in [6.45, 7) is 23.8. The zero-order chi connectivity index (χ0) is 23.4. The molecule has 6 nitrogen and oxygen atoms in total. The molecule has 176 valence electrons. The molecule has 1 saturated carbocycles. The summed E-state index contributed by atoms with van der Waals surface area (Å²) in [6.07, 6.45) is 2.85. The van der Waals surface area contributed by atoms with Gasteiger partial charge in [-0.15, -0.1) is 0 Å². The monoisotopic (exact) mass is 424 g/mol. The van der Waals surface area contributed by atoms with E-state index in [2.05, 4.69) is 59.1 Å². The maximum Gasteiger partial charge on any atom is 0.318 e. The van der Waals surface area contributed by atoms with Gasteiger partial charge in [-0.25, -0.2) is 9.59 Å². The summed E-state index contributed by atoms with van der Waals surface area (Å²) in [5, 5.41) is 6.49. The third-order valence-electron chi connectivity index (χ3n) is 6.13. The van der Waals surface area contributed by atoms with Crippen molar-refractivity contribution in [1.82, 2.24) is 20.4 Å². The van der Waals surface area contributed by atoms with Gasteiger partial charge in [-0.05, 0) is 85.5 Å². The van der Waals surface area contributed by atoms with Crippen LogP contribution in [0.1, 0.15) is 95.4 Å². The van der Waals surface area contributed by atoms with Gasteiger partial charge in [-0.3, -0.25) is 0 Å². The van der Waals surface area contributed by atoms with E-state index in [9.17, 15) is 9.59 Å². The van der Waals surface area contributed by atoms with E-state index in [0.717, 1.165) is 19.3 Å². The van der Waals surface area contributed by atoms with Gasteiger partial charge < -0.3 is 20.4 Å². The Balaban J connectivity index is 2.88. The second-order valence-corrected chi connectivity index (χ2v) is 11.6. The molecule has 30 heavy (non-hydrogen) atoms. The summed E-state index contributed by atoms with van der Waals surface area (Å²) in [6, 6.07) is 0.748. The molecule has 0 bridgehead atoms. The van der Waals surface area contributed by atoms with Crippen molar-refractivity contribution in [2.24, 2.45) is 10.8 Å². The molecular weight excluding hydrogens is 376 g/mol. The lowest BCUT2D eigenvalue weighted by Gasteiger charge is -2.47. The normalized spacial score (nSPS) is 23.8. The van der Waals surface area contributed by atoms with Gasteiger partial charge >= 0.3 is 12.1 Å². The van der Waals surface area contributed by atoms with Gasteiger partial charge in [0.25, 0.3) is 0 Å². The van der Waals surface area contributed by atoms with Gasteiger partial charge in [0, 0.05) is 36.8 Å². The molecule has 0 unspecified atom stereocenters. The average molecular weight is 425 g/mol. The van der Waals surface area contributed by atoms with Crippen LogP contribution in [0.25, 0.3) is 0 Å². The molecule has 0 heterocycles. The van der Waals surface area contributed by atoms with Crippen molar-refractivity contribution >= 4 is 12.1 Å². The van der Waals surface area contributed by atoms with Crippen LogP contribution in [0.5, 0.6) is 0 Å². The van der Waals surface area contributed by atoms with E-state index in [0.29, 0.717) is 6.54 Å². The first-order valence-corrected chi connectivity index (χ1v) is 11.7. The highest BCUT2D eigenvalue weighted by Gasteiger charge is 2.42. The summed E-state index contributed by atoms with van der Waals surface area (Å²) in [5.74, 6) is 0. The Labute approximate surface area is 185 Å².